The van der Waals surface area contributed by atoms with Crippen molar-refractivity contribution in [1.29, 1.82) is 0 Å². The first-order chi connectivity index (χ1) is 13.6. The van der Waals surface area contributed by atoms with Gasteiger partial charge in [-0.25, -0.2) is 0 Å². The average Bonchev–Trinajstić information content (AvgIpc) is 3.14. The molecule has 0 fully saturated rings. The highest BCUT2D eigenvalue weighted by Gasteiger charge is 2.14. The number of hydrogen-bond donors (Lipinski definition) is 2. The topological polar surface area (TPSA) is 95.1 Å². The van der Waals surface area contributed by atoms with Gasteiger partial charge in [-0.1, -0.05) is 23.9 Å². The van der Waals surface area contributed by atoms with Gasteiger partial charge in [-0.15, -0.1) is 10.2 Å². The summed E-state index contributed by atoms with van der Waals surface area (Å²) in [7, 11) is 1.63. The summed E-state index contributed by atoms with van der Waals surface area (Å²) >= 11 is 1.37. The second-order valence-electron chi connectivity index (χ2n) is 6.09. The van der Waals surface area contributed by atoms with E-state index in [-0.39, 0.29) is 11.7 Å². The Hall–Kier alpha value is -3.00. The standard InChI is InChI=1S/C20H23N5O2S/c1-3-25-19(15-6-8-16(21)9-7-15)23-24-20(25)28-13-18(26)22-12-14-4-10-17(27-2)11-5-14/h4-11H,3,12-13,21H2,1-2H3,(H,22,26). The predicted molar refractivity (Wildman–Crippen MR) is 111 cm³/mol. The molecule has 0 spiro atoms. The van der Waals surface area contributed by atoms with Crippen molar-refractivity contribution >= 4 is 23.4 Å². The van der Waals surface area contributed by atoms with Crippen molar-refractivity contribution in [1.82, 2.24) is 20.1 Å². The van der Waals surface area contributed by atoms with Crippen molar-refractivity contribution in [3.05, 3.63) is 54.1 Å². The molecule has 0 aliphatic carbocycles. The zero-order valence-corrected chi connectivity index (χ0v) is 16.7. The maximum Gasteiger partial charge on any atom is 0.230 e. The number of hydrogen-bond acceptors (Lipinski definition) is 6. The van der Waals surface area contributed by atoms with Gasteiger partial charge in [0.1, 0.15) is 5.75 Å². The van der Waals surface area contributed by atoms with E-state index in [0.717, 1.165) is 22.7 Å². The third-order valence-corrected chi connectivity index (χ3v) is 5.15. The molecule has 146 valence electrons. The van der Waals surface area contributed by atoms with Crippen LogP contribution in [-0.4, -0.2) is 33.5 Å². The van der Waals surface area contributed by atoms with Crippen molar-refractivity contribution in [3.8, 4) is 17.1 Å². The summed E-state index contributed by atoms with van der Waals surface area (Å²) in [6, 6.07) is 15.1. The van der Waals surface area contributed by atoms with Crippen LogP contribution in [0.2, 0.25) is 0 Å². The number of amides is 1. The van der Waals surface area contributed by atoms with E-state index < -0.39 is 0 Å². The molecule has 3 rings (SSSR count). The first-order valence-electron chi connectivity index (χ1n) is 8.92. The second kappa shape index (κ2) is 9.27. The van der Waals surface area contributed by atoms with Crippen molar-refractivity contribution in [2.45, 2.75) is 25.2 Å². The SMILES string of the molecule is CCn1c(SCC(=O)NCc2ccc(OC)cc2)nnc1-c1ccc(N)cc1. The van der Waals surface area contributed by atoms with Crippen LogP contribution in [-0.2, 0) is 17.9 Å². The zero-order valence-electron chi connectivity index (χ0n) is 15.9. The number of rotatable bonds is 8. The number of nitrogens with zero attached hydrogens (tertiary/aromatic N) is 3. The summed E-state index contributed by atoms with van der Waals surface area (Å²) < 4.78 is 7.12. The Bertz CT molecular complexity index is 923. The maximum absolute atomic E-state index is 12.2. The minimum Gasteiger partial charge on any atom is -0.497 e. The minimum absolute atomic E-state index is 0.0551. The first kappa shape index (κ1) is 19.8. The lowest BCUT2D eigenvalue weighted by Gasteiger charge is -2.08. The van der Waals surface area contributed by atoms with Crippen LogP contribution >= 0.6 is 11.8 Å². The Balaban J connectivity index is 1.57. The number of methoxy groups -OCH3 is 1. The van der Waals surface area contributed by atoms with Crippen molar-refractivity contribution in [2.24, 2.45) is 0 Å². The normalized spacial score (nSPS) is 10.6. The molecule has 7 nitrogen and oxygen atoms in total. The van der Waals surface area contributed by atoms with Crippen LogP contribution in [0, 0.1) is 0 Å². The number of nitrogens with one attached hydrogen (secondary N) is 1. The molecule has 0 saturated heterocycles. The number of aromatic nitrogens is 3. The van der Waals surface area contributed by atoms with E-state index in [0.29, 0.717) is 23.9 Å². The number of benzene rings is 2. The van der Waals surface area contributed by atoms with Crippen LogP contribution in [0.1, 0.15) is 12.5 Å². The van der Waals surface area contributed by atoms with Gasteiger partial charge < -0.3 is 20.4 Å². The van der Waals surface area contributed by atoms with Gasteiger partial charge in [-0.05, 0) is 48.9 Å². The second-order valence-corrected chi connectivity index (χ2v) is 7.03. The minimum atomic E-state index is -0.0551. The number of nitrogens with two attached hydrogens (primary N) is 1. The molecule has 0 aliphatic rings. The molecular formula is C20H23N5O2S. The Kier molecular flexibility index (Phi) is 6.54. The predicted octanol–water partition coefficient (Wildman–Crippen LogP) is 2.96. The molecule has 2 aromatic carbocycles. The van der Waals surface area contributed by atoms with E-state index in [4.69, 9.17) is 10.5 Å². The van der Waals surface area contributed by atoms with Crippen LogP contribution in [0.3, 0.4) is 0 Å². The zero-order chi connectivity index (χ0) is 19.9. The molecular weight excluding hydrogens is 374 g/mol. The third-order valence-electron chi connectivity index (χ3n) is 4.18. The summed E-state index contributed by atoms with van der Waals surface area (Å²) in [5, 5.41) is 12.2. The monoisotopic (exact) mass is 397 g/mol. The summed E-state index contributed by atoms with van der Waals surface area (Å²) in [5.41, 5.74) is 8.41. The maximum atomic E-state index is 12.2. The molecule has 0 saturated carbocycles. The molecule has 3 N–H and O–H groups in total. The van der Waals surface area contributed by atoms with Crippen LogP contribution in [0.25, 0.3) is 11.4 Å². The lowest BCUT2D eigenvalue weighted by Crippen LogP contribution is -2.24. The summed E-state index contributed by atoms with van der Waals surface area (Å²) in [4.78, 5) is 12.2. The van der Waals surface area contributed by atoms with Gasteiger partial charge >= 0.3 is 0 Å². The fraction of sp³-hybridized carbons (Fsp3) is 0.250. The van der Waals surface area contributed by atoms with Gasteiger partial charge in [0.2, 0.25) is 5.91 Å². The molecule has 3 aromatic rings. The molecule has 0 unspecified atom stereocenters. The van der Waals surface area contributed by atoms with E-state index in [1.807, 2.05) is 60.0 Å². The molecule has 0 bridgehead atoms. The molecule has 1 heterocycles. The molecule has 0 aliphatic heterocycles. The molecule has 0 atom stereocenters. The average molecular weight is 398 g/mol. The van der Waals surface area contributed by atoms with Crippen molar-refractivity contribution < 1.29 is 9.53 Å². The molecule has 0 radical (unpaired) electrons. The highest BCUT2D eigenvalue weighted by Crippen LogP contribution is 2.24. The highest BCUT2D eigenvalue weighted by atomic mass is 32.2. The van der Waals surface area contributed by atoms with Gasteiger partial charge in [-0.3, -0.25) is 4.79 Å². The Morgan fingerprint density at radius 2 is 1.86 bits per heavy atom. The molecule has 1 amide bonds. The van der Waals surface area contributed by atoms with Crippen LogP contribution in [0.5, 0.6) is 5.75 Å². The van der Waals surface area contributed by atoms with E-state index in [1.165, 1.54) is 11.8 Å². The summed E-state index contributed by atoms with van der Waals surface area (Å²) in [6.45, 7) is 3.21. The summed E-state index contributed by atoms with van der Waals surface area (Å²) in [5.74, 6) is 1.78. The first-order valence-corrected chi connectivity index (χ1v) is 9.90. The Morgan fingerprint density at radius 3 is 2.50 bits per heavy atom. The Labute approximate surface area is 168 Å². The van der Waals surface area contributed by atoms with Gasteiger partial charge in [-0.2, -0.15) is 0 Å². The quantitative estimate of drug-likeness (QED) is 0.448. The molecule has 28 heavy (non-hydrogen) atoms. The lowest BCUT2D eigenvalue weighted by atomic mass is 10.2. The van der Waals surface area contributed by atoms with Gasteiger partial charge in [0, 0.05) is 24.3 Å². The van der Waals surface area contributed by atoms with Gasteiger partial charge in [0.05, 0.1) is 12.9 Å². The van der Waals surface area contributed by atoms with E-state index in [1.54, 1.807) is 7.11 Å². The lowest BCUT2D eigenvalue weighted by molar-refractivity contribution is -0.118. The number of thioether (sulfide) groups is 1. The van der Waals surface area contributed by atoms with E-state index >= 15 is 0 Å². The fourth-order valence-corrected chi connectivity index (χ4v) is 3.48. The number of nitrogen functional groups attached to an aromatic ring is 1. The van der Waals surface area contributed by atoms with Gasteiger partial charge in [0.15, 0.2) is 11.0 Å². The third kappa shape index (κ3) is 4.83. The van der Waals surface area contributed by atoms with E-state index in [9.17, 15) is 4.79 Å². The van der Waals surface area contributed by atoms with E-state index in [2.05, 4.69) is 15.5 Å². The summed E-state index contributed by atoms with van der Waals surface area (Å²) in [6.07, 6.45) is 0. The van der Waals surface area contributed by atoms with Crippen LogP contribution in [0.15, 0.2) is 53.7 Å². The fourth-order valence-electron chi connectivity index (χ4n) is 2.65. The van der Waals surface area contributed by atoms with Crippen LogP contribution < -0.4 is 15.8 Å². The number of carbonyl (C=O) groups is 1. The smallest absolute Gasteiger partial charge is 0.230 e. The van der Waals surface area contributed by atoms with Gasteiger partial charge in [0.25, 0.3) is 0 Å². The van der Waals surface area contributed by atoms with Crippen LogP contribution in [0.4, 0.5) is 5.69 Å². The van der Waals surface area contributed by atoms with Crippen molar-refractivity contribution in [2.75, 3.05) is 18.6 Å². The number of anilines is 1. The molecule has 1 aromatic heterocycles. The Morgan fingerprint density at radius 1 is 1.14 bits per heavy atom. The number of ether oxygens (including phenoxy) is 1. The number of carbonyl (C=O) groups excluding carboxylic acids is 1. The molecule has 8 heteroatoms. The largest absolute Gasteiger partial charge is 0.497 e. The highest BCUT2D eigenvalue weighted by molar-refractivity contribution is 7.99. The van der Waals surface area contributed by atoms with Crippen molar-refractivity contribution in [3.63, 3.8) is 0 Å².